The minimum absolute atomic E-state index is 0.0736. The van der Waals surface area contributed by atoms with Crippen LogP contribution in [-0.4, -0.2) is 24.5 Å². The molecule has 0 bridgehead atoms. The monoisotopic (exact) mass is 200 g/mol. The molecule has 14 heavy (non-hydrogen) atoms. The first-order valence-electron chi connectivity index (χ1n) is 5.69. The average Bonchev–Trinajstić information content (AvgIpc) is 2.21. The Morgan fingerprint density at radius 1 is 1.21 bits per heavy atom. The third-order valence-electron chi connectivity index (χ3n) is 2.43. The standard InChI is InChI=1S/C11H24N2O/c1-5-8-12-9(4)11(14)13-10(6-2)7-3/h9-10,12H,5-8H2,1-4H3,(H,13,14). The van der Waals surface area contributed by atoms with Crippen LogP contribution in [0.2, 0.25) is 0 Å². The van der Waals surface area contributed by atoms with Gasteiger partial charge in [-0.25, -0.2) is 0 Å². The summed E-state index contributed by atoms with van der Waals surface area (Å²) in [6.45, 7) is 9.10. The van der Waals surface area contributed by atoms with Gasteiger partial charge in [-0.3, -0.25) is 4.79 Å². The lowest BCUT2D eigenvalue weighted by atomic mass is 10.1. The topological polar surface area (TPSA) is 41.1 Å². The lowest BCUT2D eigenvalue weighted by molar-refractivity contribution is -0.123. The van der Waals surface area contributed by atoms with Crippen LogP contribution in [0.4, 0.5) is 0 Å². The molecule has 0 aliphatic heterocycles. The SMILES string of the molecule is CCCNC(C)C(=O)NC(CC)CC. The van der Waals surface area contributed by atoms with Gasteiger partial charge < -0.3 is 10.6 Å². The number of carbonyl (C=O) groups excluding carboxylic acids is 1. The minimum Gasteiger partial charge on any atom is -0.352 e. The van der Waals surface area contributed by atoms with Gasteiger partial charge in [0.05, 0.1) is 6.04 Å². The Morgan fingerprint density at radius 3 is 2.21 bits per heavy atom. The zero-order chi connectivity index (χ0) is 11.0. The molecule has 3 heteroatoms. The van der Waals surface area contributed by atoms with Crippen LogP contribution in [0.3, 0.4) is 0 Å². The molecular weight excluding hydrogens is 176 g/mol. The second-order valence-electron chi connectivity index (χ2n) is 3.70. The Hall–Kier alpha value is -0.570. The van der Waals surface area contributed by atoms with Crippen molar-refractivity contribution in [1.82, 2.24) is 10.6 Å². The third kappa shape index (κ3) is 5.22. The summed E-state index contributed by atoms with van der Waals surface area (Å²) in [7, 11) is 0. The van der Waals surface area contributed by atoms with E-state index in [1.165, 1.54) is 0 Å². The van der Waals surface area contributed by atoms with Gasteiger partial charge in [-0.15, -0.1) is 0 Å². The predicted molar refractivity (Wildman–Crippen MR) is 60.3 cm³/mol. The van der Waals surface area contributed by atoms with Crippen molar-refractivity contribution in [3.63, 3.8) is 0 Å². The van der Waals surface area contributed by atoms with Crippen LogP contribution >= 0.6 is 0 Å². The number of hydrogen-bond acceptors (Lipinski definition) is 2. The Labute approximate surface area is 87.6 Å². The lowest BCUT2D eigenvalue weighted by Gasteiger charge is -2.19. The summed E-state index contributed by atoms with van der Waals surface area (Å²) in [5.74, 6) is 0.118. The minimum atomic E-state index is -0.0736. The lowest BCUT2D eigenvalue weighted by Crippen LogP contribution is -2.46. The van der Waals surface area contributed by atoms with Crippen molar-refractivity contribution in [3.05, 3.63) is 0 Å². The number of hydrogen-bond donors (Lipinski definition) is 2. The van der Waals surface area contributed by atoms with Gasteiger partial charge in [0.1, 0.15) is 0 Å². The fraction of sp³-hybridized carbons (Fsp3) is 0.909. The molecule has 0 radical (unpaired) electrons. The van der Waals surface area contributed by atoms with Gasteiger partial charge in [0.2, 0.25) is 5.91 Å². The van der Waals surface area contributed by atoms with E-state index < -0.39 is 0 Å². The highest BCUT2D eigenvalue weighted by Crippen LogP contribution is 1.96. The Morgan fingerprint density at radius 2 is 1.79 bits per heavy atom. The summed E-state index contributed by atoms with van der Waals surface area (Å²) in [4.78, 5) is 11.6. The maximum Gasteiger partial charge on any atom is 0.237 e. The predicted octanol–water partition coefficient (Wildman–Crippen LogP) is 1.68. The molecule has 0 aliphatic rings. The molecule has 1 atom stereocenters. The highest BCUT2D eigenvalue weighted by molar-refractivity contribution is 5.81. The number of rotatable bonds is 7. The molecule has 0 spiro atoms. The van der Waals surface area contributed by atoms with Crippen molar-refractivity contribution in [2.75, 3.05) is 6.54 Å². The first kappa shape index (κ1) is 13.4. The van der Waals surface area contributed by atoms with Crippen molar-refractivity contribution < 1.29 is 4.79 Å². The van der Waals surface area contributed by atoms with E-state index in [0.717, 1.165) is 25.8 Å². The van der Waals surface area contributed by atoms with E-state index in [-0.39, 0.29) is 11.9 Å². The Bertz CT molecular complexity index is 155. The second-order valence-corrected chi connectivity index (χ2v) is 3.70. The van der Waals surface area contributed by atoms with Gasteiger partial charge >= 0.3 is 0 Å². The fourth-order valence-electron chi connectivity index (χ4n) is 1.27. The normalized spacial score (nSPS) is 12.9. The van der Waals surface area contributed by atoms with Gasteiger partial charge in [-0.1, -0.05) is 20.8 Å². The molecule has 3 nitrogen and oxygen atoms in total. The molecule has 0 aliphatic carbocycles. The molecule has 0 saturated heterocycles. The number of carbonyl (C=O) groups is 1. The molecule has 0 saturated carbocycles. The highest BCUT2D eigenvalue weighted by atomic mass is 16.2. The van der Waals surface area contributed by atoms with Crippen molar-refractivity contribution in [2.24, 2.45) is 0 Å². The zero-order valence-electron chi connectivity index (χ0n) is 9.89. The molecule has 2 N–H and O–H groups in total. The van der Waals surface area contributed by atoms with E-state index in [4.69, 9.17) is 0 Å². The quantitative estimate of drug-likeness (QED) is 0.656. The summed E-state index contributed by atoms with van der Waals surface area (Å²) in [5.41, 5.74) is 0. The van der Waals surface area contributed by atoms with E-state index in [1.807, 2.05) is 6.92 Å². The largest absolute Gasteiger partial charge is 0.352 e. The molecule has 0 aromatic carbocycles. The van der Waals surface area contributed by atoms with Gasteiger partial charge in [0, 0.05) is 6.04 Å². The van der Waals surface area contributed by atoms with Crippen molar-refractivity contribution >= 4 is 5.91 Å². The van der Waals surface area contributed by atoms with Crippen molar-refractivity contribution in [1.29, 1.82) is 0 Å². The molecule has 0 rings (SSSR count). The second kappa shape index (κ2) is 7.80. The van der Waals surface area contributed by atoms with Gasteiger partial charge in [0.15, 0.2) is 0 Å². The number of amides is 1. The zero-order valence-corrected chi connectivity index (χ0v) is 9.89. The van der Waals surface area contributed by atoms with E-state index in [9.17, 15) is 4.79 Å². The Balaban J connectivity index is 3.81. The molecule has 0 aromatic rings. The molecule has 0 fully saturated rings. The molecule has 1 amide bonds. The maximum absolute atomic E-state index is 11.6. The average molecular weight is 200 g/mol. The van der Waals surface area contributed by atoms with E-state index in [1.54, 1.807) is 0 Å². The van der Waals surface area contributed by atoms with E-state index >= 15 is 0 Å². The molecule has 0 aromatic heterocycles. The first-order valence-corrected chi connectivity index (χ1v) is 5.69. The van der Waals surface area contributed by atoms with Crippen molar-refractivity contribution in [2.45, 2.75) is 59.0 Å². The van der Waals surface area contributed by atoms with E-state index in [2.05, 4.69) is 31.4 Å². The van der Waals surface area contributed by atoms with Crippen LogP contribution in [0.1, 0.15) is 47.0 Å². The molecular formula is C11H24N2O. The van der Waals surface area contributed by atoms with Gasteiger partial charge in [-0.2, -0.15) is 0 Å². The summed E-state index contributed by atoms with van der Waals surface area (Å²) in [6.07, 6.45) is 3.06. The Kier molecular flexibility index (Phi) is 7.48. The van der Waals surface area contributed by atoms with Crippen molar-refractivity contribution in [3.8, 4) is 0 Å². The maximum atomic E-state index is 11.6. The van der Waals surface area contributed by atoms with Gasteiger partial charge in [-0.05, 0) is 32.7 Å². The summed E-state index contributed by atoms with van der Waals surface area (Å²) >= 11 is 0. The third-order valence-corrected chi connectivity index (χ3v) is 2.43. The summed E-state index contributed by atoms with van der Waals surface area (Å²) in [5, 5.41) is 6.20. The van der Waals surface area contributed by atoms with Gasteiger partial charge in [0.25, 0.3) is 0 Å². The summed E-state index contributed by atoms with van der Waals surface area (Å²) in [6, 6.07) is 0.254. The van der Waals surface area contributed by atoms with Crippen LogP contribution in [0.15, 0.2) is 0 Å². The fourth-order valence-corrected chi connectivity index (χ4v) is 1.27. The molecule has 1 unspecified atom stereocenters. The smallest absolute Gasteiger partial charge is 0.237 e. The first-order chi connectivity index (χ1) is 6.65. The van der Waals surface area contributed by atoms with Crippen LogP contribution < -0.4 is 10.6 Å². The van der Waals surface area contributed by atoms with Crippen LogP contribution in [0, 0.1) is 0 Å². The molecule has 0 heterocycles. The van der Waals surface area contributed by atoms with Crippen LogP contribution in [0.25, 0.3) is 0 Å². The van der Waals surface area contributed by atoms with Crippen LogP contribution in [0.5, 0.6) is 0 Å². The highest BCUT2D eigenvalue weighted by Gasteiger charge is 2.14. The summed E-state index contributed by atoms with van der Waals surface area (Å²) < 4.78 is 0. The van der Waals surface area contributed by atoms with E-state index in [0.29, 0.717) is 6.04 Å². The van der Waals surface area contributed by atoms with Crippen LogP contribution in [-0.2, 0) is 4.79 Å². The molecule has 84 valence electrons. The number of nitrogens with one attached hydrogen (secondary N) is 2.